The topological polar surface area (TPSA) is 101 Å². The molecule has 1 aliphatic carbocycles. The molecule has 1 aromatic heterocycles. The summed E-state index contributed by atoms with van der Waals surface area (Å²) in [7, 11) is 0. The van der Waals surface area contributed by atoms with Crippen LogP contribution in [-0.2, 0) is 4.79 Å². The van der Waals surface area contributed by atoms with E-state index in [1.807, 2.05) is 11.6 Å². The molecule has 0 radical (unpaired) electrons. The van der Waals surface area contributed by atoms with Crippen LogP contribution in [0.3, 0.4) is 0 Å². The number of carbonyl (C=O) groups excluding carboxylic acids is 2. The van der Waals surface area contributed by atoms with Gasteiger partial charge in [-0.2, -0.15) is 0 Å². The third-order valence-corrected chi connectivity index (χ3v) is 5.16. The highest BCUT2D eigenvalue weighted by Gasteiger charge is 2.29. The van der Waals surface area contributed by atoms with Crippen LogP contribution in [0.2, 0.25) is 0 Å². The summed E-state index contributed by atoms with van der Waals surface area (Å²) < 4.78 is 1.87. The molecule has 0 bridgehead atoms. The van der Waals surface area contributed by atoms with Crippen LogP contribution >= 0.6 is 12.4 Å². The van der Waals surface area contributed by atoms with E-state index in [2.05, 4.69) is 26.3 Å². The molecule has 2 aliphatic rings. The van der Waals surface area contributed by atoms with E-state index < -0.39 is 0 Å². The lowest BCUT2D eigenvalue weighted by Crippen LogP contribution is -2.30. The van der Waals surface area contributed by atoms with Crippen LogP contribution in [0.1, 0.15) is 47.9 Å². The van der Waals surface area contributed by atoms with Gasteiger partial charge in [0.15, 0.2) is 5.69 Å². The predicted octanol–water partition coefficient (Wildman–Crippen LogP) is 2.53. The van der Waals surface area contributed by atoms with Gasteiger partial charge in [-0.3, -0.25) is 9.59 Å². The van der Waals surface area contributed by atoms with Crippen LogP contribution in [0.15, 0.2) is 24.3 Å². The Morgan fingerprint density at radius 2 is 1.64 bits per heavy atom. The number of amides is 2. The first kappa shape index (κ1) is 20.3. The van der Waals surface area contributed by atoms with E-state index in [-0.39, 0.29) is 36.2 Å². The second-order valence-electron chi connectivity index (χ2n) is 7.24. The van der Waals surface area contributed by atoms with Crippen LogP contribution in [0.4, 0.5) is 11.4 Å². The van der Waals surface area contributed by atoms with Gasteiger partial charge in [0.1, 0.15) is 0 Å². The molecule has 3 N–H and O–H groups in total. The second kappa shape index (κ2) is 8.70. The minimum atomic E-state index is -0.276. The lowest BCUT2D eigenvalue weighted by atomic mass is 10.1. The Morgan fingerprint density at radius 3 is 2.25 bits per heavy atom. The van der Waals surface area contributed by atoms with Crippen molar-refractivity contribution in [1.82, 2.24) is 20.3 Å². The Morgan fingerprint density at radius 1 is 1.04 bits per heavy atom. The number of nitrogens with one attached hydrogen (secondary N) is 3. The number of nitrogens with zero attached hydrogens (tertiary/aromatic N) is 3. The number of rotatable bonds is 5. The third-order valence-electron chi connectivity index (χ3n) is 5.16. The van der Waals surface area contributed by atoms with Crippen molar-refractivity contribution in [3.63, 3.8) is 0 Å². The van der Waals surface area contributed by atoms with Gasteiger partial charge in [0.25, 0.3) is 5.91 Å². The predicted molar refractivity (Wildman–Crippen MR) is 109 cm³/mol. The Balaban J connectivity index is 0.00000225. The van der Waals surface area contributed by atoms with E-state index in [0.29, 0.717) is 11.4 Å². The Labute approximate surface area is 169 Å². The van der Waals surface area contributed by atoms with Crippen LogP contribution in [0.25, 0.3) is 0 Å². The summed E-state index contributed by atoms with van der Waals surface area (Å²) in [6.07, 6.45) is 3.91. The number of halogens is 1. The van der Waals surface area contributed by atoms with Crippen molar-refractivity contribution in [3.05, 3.63) is 35.7 Å². The molecule has 28 heavy (non-hydrogen) atoms. The molecule has 4 rings (SSSR count). The molecule has 8 nitrogen and oxygen atoms in total. The van der Waals surface area contributed by atoms with E-state index >= 15 is 0 Å². The van der Waals surface area contributed by atoms with Crippen molar-refractivity contribution in [2.75, 3.05) is 23.7 Å². The molecule has 1 aromatic carbocycles. The van der Waals surface area contributed by atoms with Crippen molar-refractivity contribution in [2.45, 2.75) is 38.6 Å². The van der Waals surface area contributed by atoms with Gasteiger partial charge in [-0.05, 0) is 70.0 Å². The van der Waals surface area contributed by atoms with Gasteiger partial charge in [-0.15, -0.1) is 17.5 Å². The maximum absolute atomic E-state index is 12.6. The van der Waals surface area contributed by atoms with E-state index in [9.17, 15) is 9.59 Å². The second-order valence-corrected chi connectivity index (χ2v) is 7.24. The van der Waals surface area contributed by atoms with E-state index in [1.54, 1.807) is 24.3 Å². The monoisotopic (exact) mass is 404 g/mol. The molecule has 0 unspecified atom stereocenters. The van der Waals surface area contributed by atoms with Crippen LogP contribution < -0.4 is 16.0 Å². The number of benzene rings is 1. The number of carbonyl (C=O) groups is 2. The summed E-state index contributed by atoms with van der Waals surface area (Å²) in [6, 6.07) is 7.40. The van der Waals surface area contributed by atoms with E-state index in [0.717, 1.165) is 50.2 Å². The average molecular weight is 405 g/mol. The quantitative estimate of drug-likeness (QED) is 0.710. The molecule has 1 saturated carbocycles. The molecular weight excluding hydrogens is 380 g/mol. The van der Waals surface area contributed by atoms with Crippen molar-refractivity contribution >= 4 is 35.6 Å². The molecular formula is C19H25ClN6O2. The van der Waals surface area contributed by atoms with Gasteiger partial charge >= 0.3 is 0 Å². The molecule has 150 valence electrons. The molecule has 9 heteroatoms. The third kappa shape index (κ3) is 4.51. The van der Waals surface area contributed by atoms with Crippen LogP contribution in [-0.4, -0.2) is 39.9 Å². The van der Waals surface area contributed by atoms with Gasteiger partial charge in [0.05, 0.1) is 11.7 Å². The lowest BCUT2D eigenvalue weighted by Gasteiger charge is -2.23. The van der Waals surface area contributed by atoms with Gasteiger partial charge in [-0.25, -0.2) is 4.68 Å². The molecule has 0 atom stereocenters. The number of aromatic nitrogens is 3. The summed E-state index contributed by atoms with van der Waals surface area (Å²) in [5.74, 6) is -0.0469. The zero-order valence-corrected chi connectivity index (χ0v) is 16.6. The maximum Gasteiger partial charge on any atom is 0.278 e. The number of anilines is 2. The minimum Gasteiger partial charge on any atom is -0.326 e. The molecule has 2 aromatic rings. The Kier molecular flexibility index (Phi) is 6.31. The molecule has 2 fully saturated rings. The fourth-order valence-electron chi connectivity index (χ4n) is 3.37. The minimum absolute atomic E-state index is 0. The average Bonchev–Trinajstić information content (AvgIpc) is 3.46. The van der Waals surface area contributed by atoms with Gasteiger partial charge < -0.3 is 16.0 Å². The number of hydrogen-bond acceptors (Lipinski definition) is 5. The molecule has 2 amide bonds. The molecule has 1 aliphatic heterocycles. The summed E-state index contributed by atoms with van der Waals surface area (Å²) in [5.41, 5.74) is 2.52. The summed E-state index contributed by atoms with van der Waals surface area (Å²) >= 11 is 0. The highest BCUT2D eigenvalue weighted by molar-refractivity contribution is 6.03. The number of piperidine rings is 1. The SMILES string of the molecule is Cc1c(C(=O)Nc2ccc(NC(=O)C3CC3)cc2)nnn1C1CCNCC1.Cl. The standard InChI is InChI=1S/C19H24N6O2.ClH/c1-12-17(23-24-25(12)16-8-10-20-11-9-16)19(27)22-15-6-4-14(5-7-15)21-18(26)13-2-3-13;/h4-7,13,16,20H,2-3,8-11H2,1H3,(H,21,26)(H,22,27);1H. The zero-order chi connectivity index (χ0) is 18.8. The van der Waals surface area contributed by atoms with Crippen molar-refractivity contribution in [1.29, 1.82) is 0 Å². The summed E-state index contributed by atoms with van der Waals surface area (Å²) in [5, 5.41) is 17.4. The zero-order valence-electron chi connectivity index (χ0n) is 15.8. The molecule has 1 saturated heterocycles. The first-order valence-corrected chi connectivity index (χ1v) is 9.46. The van der Waals surface area contributed by atoms with Gasteiger partial charge in [-0.1, -0.05) is 5.21 Å². The maximum atomic E-state index is 12.6. The Bertz CT molecular complexity index is 841. The summed E-state index contributed by atoms with van der Waals surface area (Å²) in [6.45, 7) is 3.79. The van der Waals surface area contributed by atoms with Crippen LogP contribution in [0, 0.1) is 12.8 Å². The number of hydrogen-bond donors (Lipinski definition) is 3. The van der Waals surface area contributed by atoms with E-state index in [1.165, 1.54) is 0 Å². The first-order chi connectivity index (χ1) is 13.1. The van der Waals surface area contributed by atoms with Gasteiger partial charge in [0, 0.05) is 17.3 Å². The van der Waals surface area contributed by atoms with Crippen molar-refractivity contribution in [3.8, 4) is 0 Å². The fraction of sp³-hybridized carbons (Fsp3) is 0.474. The van der Waals surface area contributed by atoms with Crippen molar-refractivity contribution in [2.24, 2.45) is 5.92 Å². The Hall–Kier alpha value is -2.45. The highest BCUT2D eigenvalue weighted by Crippen LogP contribution is 2.30. The molecule has 2 heterocycles. The largest absolute Gasteiger partial charge is 0.326 e. The smallest absolute Gasteiger partial charge is 0.278 e. The normalized spacial score (nSPS) is 16.9. The fourth-order valence-corrected chi connectivity index (χ4v) is 3.37. The van der Waals surface area contributed by atoms with Crippen LogP contribution in [0.5, 0.6) is 0 Å². The highest BCUT2D eigenvalue weighted by atomic mass is 35.5. The first-order valence-electron chi connectivity index (χ1n) is 9.46. The molecule has 0 spiro atoms. The van der Waals surface area contributed by atoms with Gasteiger partial charge in [0.2, 0.25) is 5.91 Å². The summed E-state index contributed by atoms with van der Waals surface area (Å²) in [4.78, 5) is 24.4. The van der Waals surface area contributed by atoms with E-state index in [4.69, 9.17) is 0 Å². The lowest BCUT2D eigenvalue weighted by molar-refractivity contribution is -0.117. The van der Waals surface area contributed by atoms with Crippen molar-refractivity contribution < 1.29 is 9.59 Å².